The minimum Gasteiger partial charge on any atom is -1.00 e. The van der Waals surface area contributed by atoms with Crippen LogP contribution in [0, 0.1) is 0 Å². The van der Waals surface area contributed by atoms with E-state index in [1.54, 1.807) is 6.20 Å². The van der Waals surface area contributed by atoms with Gasteiger partial charge in [0, 0.05) is 24.5 Å². The summed E-state index contributed by atoms with van der Waals surface area (Å²) < 4.78 is 7.91. The van der Waals surface area contributed by atoms with Crippen LogP contribution >= 0.6 is 11.6 Å². The summed E-state index contributed by atoms with van der Waals surface area (Å²) in [5.74, 6) is 1.72. The molecule has 1 aromatic carbocycles. The first kappa shape index (κ1) is 20.6. The highest BCUT2D eigenvalue weighted by atomic mass is 35.5. The van der Waals surface area contributed by atoms with E-state index in [9.17, 15) is 0 Å². The number of rotatable bonds is 7. The topological polar surface area (TPSA) is 43.0 Å². The van der Waals surface area contributed by atoms with Crippen molar-refractivity contribution in [1.29, 1.82) is 0 Å². The van der Waals surface area contributed by atoms with Crippen molar-refractivity contribution in [3.8, 4) is 11.3 Å². The summed E-state index contributed by atoms with van der Waals surface area (Å²) in [6, 6.07) is 11.7. The summed E-state index contributed by atoms with van der Waals surface area (Å²) in [6.07, 6.45) is 6.66. The van der Waals surface area contributed by atoms with Gasteiger partial charge in [0.15, 0.2) is 0 Å². The van der Waals surface area contributed by atoms with Crippen LogP contribution in [0.25, 0.3) is 11.3 Å². The molecule has 3 aromatic rings. The van der Waals surface area contributed by atoms with Gasteiger partial charge in [-0.05, 0) is 37.2 Å². The Hall–Kier alpha value is -1.46. The molecule has 24 heavy (non-hydrogen) atoms. The Kier molecular flexibility index (Phi) is 8.93. The molecule has 2 heterocycles. The Morgan fingerprint density at radius 1 is 1.12 bits per heavy atom. The lowest BCUT2D eigenvalue weighted by atomic mass is 10.2. The first-order valence-corrected chi connectivity index (χ1v) is 7.71. The molecule has 0 saturated heterocycles. The van der Waals surface area contributed by atoms with Crippen molar-refractivity contribution in [3.05, 3.63) is 65.9 Å². The van der Waals surface area contributed by atoms with Gasteiger partial charge in [-0.25, -0.2) is 4.98 Å². The molecule has 0 unspecified atom stereocenters. The molecule has 0 radical (unpaired) electrons. The van der Waals surface area contributed by atoms with E-state index in [0.29, 0.717) is 11.6 Å². The number of nitrogens with one attached hydrogen (secondary N) is 1. The molecular weight excluding hydrogens is 369 g/mol. The molecule has 0 atom stereocenters. The summed E-state index contributed by atoms with van der Waals surface area (Å²) >= 11 is 6.18. The molecule has 7 heteroatoms. The molecule has 1 N–H and O–H groups in total. The number of aromatic nitrogens is 2. The van der Waals surface area contributed by atoms with Crippen molar-refractivity contribution in [2.24, 2.45) is 0 Å². The molecule has 0 saturated carbocycles. The van der Waals surface area contributed by atoms with E-state index in [1.165, 1.54) is 0 Å². The molecule has 0 aliphatic carbocycles. The van der Waals surface area contributed by atoms with Crippen LogP contribution in [0.3, 0.4) is 0 Å². The Morgan fingerprint density at radius 3 is 2.71 bits per heavy atom. The number of imidazole rings is 1. The lowest BCUT2D eigenvalue weighted by molar-refractivity contribution is -0.00100. The predicted molar refractivity (Wildman–Crippen MR) is 87.7 cm³/mol. The second kappa shape index (κ2) is 10.4. The van der Waals surface area contributed by atoms with E-state index in [-0.39, 0.29) is 24.8 Å². The van der Waals surface area contributed by atoms with Crippen molar-refractivity contribution >= 4 is 11.6 Å². The van der Waals surface area contributed by atoms with E-state index >= 15 is 0 Å². The Labute approximate surface area is 159 Å². The zero-order chi connectivity index (χ0) is 15.2. The fraction of sp³-hybridized carbons (Fsp3) is 0.235. The highest BCUT2D eigenvalue weighted by Gasteiger charge is 2.07. The van der Waals surface area contributed by atoms with E-state index < -0.39 is 0 Å². The fourth-order valence-corrected chi connectivity index (χ4v) is 2.52. The van der Waals surface area contributed by atoms with E-state index in [4.69, 9.17) is 16.0 Å². The zero-order valence-electron chi connectivity index (χ0n) is 13.0. The number of benzene rings is 1. The fourth-order valence-electron chi connectivity index (χ4n) is 2.30. The third-order valence-electron chi connectivity index (χ3n) is 3.43. The number of hydrogen-bond acceptors (Lipinski definition) is 3. The molecular formula is C17H18Cl3N3O-2. The maximum Gasteiger partial charge on any atom is 0.135 e. The maximum atomic E-state index is 6.18. The van der Waals surface area contributed by atoms with Crippen LogP contribution in [-0.2, 0) is 13.1 Å². The van der Waals surface area contributed by atoms with Crippen LogP contribution in [0.1, 0.15) is 12.2 Å². The van der Waals surface area contributed by atoms with Crippen molar-refractivity contribution in [3.63, 3.8) is 0 Å². The maximum absolute atomic E-state index is 6.18. The lowest BCUT2D eigenvalue weighted by Crippen LogP contribution is -3.00. The van der Waals surface area contributed by atoms with Crippen LogP contribution < -0.4 is 30.1 Å². The summed E-state index contributed by atoms with van der Waals surface area (Å²) in [7, 11) is 0. The van der Waals surface area contributed by atoms with Gasteiger partial charge in [-0.2, -0.15) is 0 Å². The highest BCUT2D eigenvalue weighted by Crippen LogP contribution is 2.28. The first-order valence-electron chi connectivity index (χ1n) is 7.33. The normalized spacial score (nSPS) is 10.0. The average molecular weight is 387 g/mol. The van der Waals surface area contributed by atoms with Gasteiger partial charge in [0.1, 0.15) is 11.5 Å². The average Bonchev–Trinajstić information content (AvgIpc) is 3.19. The van der Waals surface area contributed by atoms with Crippen LogP contribution in [0.15, 0.2) is 59.5 Å². The molecule has 0 aliphatic rings. The van der Waals surface area contributed by atoms with Gasteiger partial charge < -0.3 is 39.1 Å². The Balaban J connectivity index is 0.00000144. The van der Waals surface area contributed by atoms with Gasteiger partial charge in [-0.1, -0.05) is 23.7 Å². The number of halogens is 3. The van der Waals surface area contributed by atoms with Crippen molar-refractivity contribution in [1.82, 2.24) is 14.9 Å². The van der Waals surface area contributed by atoms with E-state index in [2.05, 4.69) is 14.9 Å². The molecule has 130 valence electrons. The monoisotopic (exact) mass is 385 g/mol. The first-order chi connectivity index (χ1) is 10.8. The molecule has 4 nitrogen and oxygen atoms in total. The van der Waals surface area contributed by atoms with Crippen LogP contribution in [0.5, 0.6) is 0 Å². The molecule has 0 bridgehead atoms. The van der Waals surface area contributed by atoms with E-state index in [0.717, 1.165) is 36.6 Å². The van der Waals surface area contributed by atoms with Crippen LogP contribution in [0.4, 0.5) is 0 Å². The quantitative estimate of drug-likeness (QED) is 0.477. The van der Waals surface area contributed by atoms with Crippen LogP contribution in [-0.4, -0.2) is 16.1 Å². The molecule has 3 rings (SSSR count). The third-order valence-corrected chi connectivity index (χ3v) is 3.76. The highest BCUT2D eigenvalue weighted by molar-refractivity contribution is 6.33. The zero-order valence-corrected chi connectivity index (χ0v) is 15.2. The van der Waals surface area contributed by atoms with Gasteiger partial charge in [0.25, 0.3) is 0 Å². The summed E-state index contributed by atoms with van der Waals surface area (Å²) in [5.41, 5.74) is 0.926. The summed E-state index contributed by atoms with van der Waals surface area (Å²) in [5, 5.41) is 4.09. The smallest absolute Gasteiger partial charge is 0.135 e. The SMILES string of the molecule is Clc1ccccc1-c1ccc(CNCCCn2ccnc2)o1.[Cl-].[Cl-]. The Bertz CT molecular complexity index is 713. The van der Waals surface area contributed by atoms with Gasteiger partial charge >= 0.3 is 0 Å². The lowest BCUT2D eigenvalue weighted by Gasteiger charge is -2.04. The minimum atomic E-state index is 0. The van der Waals surface area contributed by atoms with Gasteiger partial charge in [-0.15, -0.1) is 0 Å². The van der Waals surface area contributed by atoms with E-state index in [1.807, 2.05) is 48.9 Å². The molecule has 2 aromatic heterocycles. The molecule has 0 aliphatic heterocycles. The van der Waals surface area contributed by atoms with Crippen molar-refractivity contribution in [2.45, 2.75) is 19.5 Å². The number of aryl methyl sites for hydroxylation is 1. The van der Waals surface area contributed by atoms with Crippen molar-refractivity contribution in [2.75, 3.05) is 6.54 Å². The number of hydrogen-bond donors (Lipinski definition) is 1. The largest absolute Gasteiger partial charge is 1.00 e. The Morgan fingerprint density at radius 2 is 1.96 bits per heavy atom. The van der Waals surface area contributed by atoms with Gasteiger partial charge in [0.2, 0.25) is 0 Å². The second-order valence-corrected chi connectivity index (χ2v) is 5.48. The molecule has 0 amide bonds. The predicted octanol–water partition coefficient (Wildman–Crippen LogP) is -2.02. The molecule has 0 fully saturated rings. The van der Waals surface area contributed by atoms with Gasteiger partial charge in [0.05, 0.1) is 17.9 Å². The standard InChI is InChI=1S/C17H18ClN3O.2ClH/c18-16-5-2-1-4-15(16)17-7-6-14(22-17)12-19-8-3-10-21-11-9-20-13-21;;/h1-2,4-7,9,11,13,19H,3,8,10,12H2;2*1H/p-2. The summed E-state index contributed by atoms with van der Waals surface area (Å²) in [4.78, 5) is 4.02. The third kappa shape index (κ3) is 5.56. The number of furan rings is 1. The van der Waals surface area contributed by atoms with Crippen molar-refractivity contribution < 1.29 is 29.2 Å². The summed E-state index contributed by atoms with van der Waals surface area (Å²) in [6.45, 7) is 2.62. The molecule has 0 spiro atoms. The number of nitrogens with zero attached hydrogens (tertiary/aromatic N) is 2. The second-order valence-electron chi connectivity index (χ2n) is 5.08. The minimum absolute atomic E-state index is 0. The van der Waals surface area contributed by atoms with Gasteiger partial charge in [-0.3, -0.25) is 0 Å². The van der Waals surface area contributed by atoms with Crippen LogP contribution in [0.2, 0.25) is 5.02 Å².